The van der Waals surface area contributed by atoms with Crippen molar-refractivity contribution in [3.05, 3.63) is 0 Å². The van der Waals surface area contributed by atoms with Crippen LogP contribution in [0.4, 0.5) is 4.79 Å². The molecule has 1 rings (SSSR count). The fourth-order valence-electron chi connectivity index (χ4n) is 2.29. The number of carbonyl (C=O) groups is 3. The first-order valence-corrected chi connectivity index (χ1v) is 5.52. The zero-order valence-corrected chi connectivity index (χ0v) is 10.2. The first kappa shape index (κ1) is 13.2. The molecule has 0 aromatic heterocycles. The van der Waals surface area contributed by atoms with Crippen molar-refractivity contribution in [2.45, 2.75) is 33.6 Å². The lowest BCUT2D eigenvalue weighted by Gasteiger charge is -2.43. The van der Waals surface area contributed by atoms with E-state index in [1.54, 1.807) is 13.8 Å². The number of nitrogens with one attached hydrogen (secondary N) is 2. The van der Waals surface area contributed by atoms with Crippen molar-refractivity contribution in [3.8, 4) is 12.3 Å². The quantitative estimate of drug-likeness (QED) is 0.562. The van der Waals surface area contributed by atoms with Gasteiger partial charge in [0.1, 0.15) is 5.41 Å². The van der Waals surface area contributed by atoms with Gasteiger partial charge in [-0.2, -0.15) is 0 Å². The van der Waals surface area contributed by atoms with E-state index >= 15 is 0 Å². The molecule has 0 saturated carbocycles. The standard InChI is InChI=1S/C12H16N2O3/c1-5-11(4,6-2)12(7-3)8(15)13-10(17)14-9(12)16/h1H,6-7H2,2-4H3,(H2,13,14,15,16,17). The van der Waals surface area contributed by atoms with Crippen LogP contribution >= 0.6 is 0 Å². The monoisotopic (exact) mass is 236 g/mol. The van der Waals surface area contributed by atoms with Gasteiger partial charge < -0.3 is 0 Å². The first-order valence-electron chi connectivity index (χ1n) is 5.52. The zero-order chi connectivity index (χ0) is 13.3. The van der Waals surface area contributed by atoms with Gasteiger partial charge in [0.15, 0.2) is 0 Å². The Bertz CT molecular complexity index is 402. The van der Waals surface area contributed by atoms with Crippen molar-refractivity contribution in [2.75, 3.05) is 0 Å². The molecule has 1 fully saturated rings. The molecular weight excluding hydrogens is 220 g/mol. The smallest absolute Gasteiger partial charge is 0.277 e. The largest absolute Gasteiger partial charge is 0.328 e. The van der Waals surface area contributed by atoms with Gasteiger partial charge >= 0.3 is 6.03 Å². The number of amides is 4. The van der Waals surface area contributed by atoms with Crippen LogP contribution in [0.25, 0.3) is 0 Å². The molecule has 1 unspecified atom stereocenters. The summed E-state index contributed by atoms with van der Waals surface area (Å²) in [7, 11) is 0. The highest BCUT2D eigenvalue weighted by Crippen LogP contribution is 2.45. The van der Waals surface area contributed by atoms with E-state index in [1.165, 1.54) is 0 Å². The van der Waals surface area contributed by atoms with Crippen molar-refractivity contribution in [3.63, 3.8) is 0 Å². The first-order chi connectivity index (χ1) is 7.87. The van der Waals surface area contributed by atoms with Crippen molar-refractivity contribution in [1.29, 1.82) is 0 Å². The van der Waals surface area contributed by atoms with E-state index in [2.05, 4.69) is 16.6 Å². The minimum Gasteiger partial charge on any atom is -0.277 e. The van der Waals surface area contributed by atoms with E-state index in [0.29, 0.717) is 6.42 Å². The molecule has 1 aliphatic heterocycles. The summed E-state index contributed by atoms with van der Waals surface area (Å²) in [6.45, 7) is 5.21. The van der Waals surface area contributed by atoms with Gasteiger partial charge in [0.25, 0.3) is 0 Å². The Labute approximate surface area is 100 Å². The number of barbiturate groups is 1. The summed E-state index contributed by atoms with van der Waals surface area (Å²) in [4.78, 5) is 35.2. The summed E-state index contributed by atoms with van der Waals surface area (Å²) in [6, 6.07) is -0.792. The average Bonchev–Trinajstić information content (AvgIpc) is 2.28. The Morgan fingerprint density at radius 1 is 1.24 bits per heavy atom. The van der Waals surface area contributed by atoms with Crippen molar-refractivity contribution in [1.82, 2.24) is 10.6 Å². The van der Waals surface area contributed by atoms with Crippen LogP contribution in [0.3, 0.4) is 0 Å². The molecule has 0 aromatic rings. The second-order valence-electron chi connectivity index (χ2n) is 4.33. The molecule has 17 heavy (non-hydrogen) atoms. The van der Waals surface area contributed by atoms with Crippen LogP contribution in [0.15, 0.2) is 0 Å². The second kappa shape index (κ2) is 4.21. The number of rotatable bonds is 3. The maximum atomic E-state index is 12.0. The van der Waals surface area contributed by atoms with E-state index in [1.807, 2.05) is 6.92 Å². The molecule has 2 N–H and O–H groups in total. The van der Waals surface area contributed by atoms with Crippen molar-refractivity contribution >= 4 is 17.8 Å². The average molecular weight is 236 g/mol. The summed E-state index contributed by atoms with van der Waals surface area (Å²) in [5.41, 5.74) is -2.30. The number of carbonyl (C=O) groups excluding carboxylic acids is 3. The van der Waals surface area contributed by atoms with Gasteiger partial charge in [0.05, 0.1) is 5.41 Å². The highest BCUT2D eigenvalue weighted by atomic mass is 16.2. The molecule has 0 bridgehead atoms. The Kier molecular flexibility index (Phi) is 3.28. The minimum atomic E-state index is -1.38. The highest BCUT2D eigenvalue weighted by molar-refractivity contribution is 6.19. The molecule has 1 atom stereocenters. The molecule has 0 radical (unpaired) electrons. The normalized spacial score (nSPS) is 22.1. The molecule has 0 aromatic carbocycles. The molecule has 5 heteroatoms. The van der Waals surface area contributed by atoms with Crippen LogP contribution in [-0.4, -0.2) is 17.8 Å². The van der Waals surface area contributed by atoms with Gasteiger partial charge in [-0.25, -0.2) is 4.79 Å². The molecule has 4 amide bonds. The minimum absolute atomic E-state index is 0.243. The maximum absolute atomic E-state index is 12.0. The van der Waals surface area contributed by atoms with Crippen LogP contribution in [-0.2, 0) is 9.59 Å². The summed E-state index contributed by atoms with van der Waals surface area (Å²) in [6.07, 6.45) is 6.18. The maximum Gasteiger partial charge on any atom is 0.328 e. The summed E-state index contributed by atoms with van der Waals surface area (Å²) >= 11 is 0. The Morgan fingerprint density at radius 3 is 2.00 bits per heavy atom. The summed E-state index contributed by atoms with van der Waals surface area (Å²) in [5.74, 6) is 1.30. The predicted octanol–water partition coefficient (Wildman–Crippen LogP) is 0.798. The van der Waals surface area contributed by atoms with Crippen LogP contribution < -0.4 is 10.6 Å². The molecule has 92 valence electrons. The fraction of sp³-hybridized carbons (Fsp3) is 0.583. The number of urea groups is 1. The third-order valence-corrected chi connectivity index (χ3v) is 3.73. The Morgan fingerprint density at radius 2 is 1.71 bits per heavy atom. The van der Waals surface area contributed by atoms with Gasteiger partial charge in [-0.15, -0.1) is 6.42 Å². The van der Waals surface area contributed by atoms with Gasteiger partial charge in [0, 0.05) is 0 Å². The molecular formula is C12H16N2O3. The molecule has 1 saturated heterocycles. The second-order valence-corrected chi connectivity index (χ2v) is 4.33. The number of imide groups is 2. The molecule has 0 aliphatic carbocycles. The molecule has 0 spiro atoms. The van der Waals surface area contributed by atoms with Crippen molar-refractivity contribution in [2.24, 2.45) is 10.8 Å². The van der Waals surface area contributed by atoms with E-state index < -0.39 is 28.7 Å². The topological polar surface area (TPSA) is 75.3 Å². The Hall–Kier alpha value is -1.83. The summed E-state index contributed by atoms with van der Waals surface area (Å²) < 4.78 is 0. The lowest BCUT2D eigenvalue weighted by atomic mass is 9.60. The number of hydrogen-bond acceptors (Lipinski definition) is 3. The van der Waals surface area contributed by atoms with E-state index in [0.717, 1.165) is 0 Å². The number of terminal acetylenes is 1. The van der Waals surface area contributed by atoms with Crippen LogP contribution in [0.1, 0.15) is 33.6 Å². The number of hydrogen-bond donors (Lipinski definition) is 2. The lowest BCUT2D eigenvalue weighted by Crippen LogP contribution is -2.67. The van der Waals surface area contributed by atoms with Gasteiger partial charge in [0.2, 0.25) is 11.8 Å². The van der Waals surface area contributed by atoms with E-state index in [-0.39, 0.29) is 6.42 Å². The third kappa shape index (κ3) is 1.60. The Balaban J connectivity index is 3.38. The van der Waals surface area contributed by atoms with Gasteiger partial charge in [-0.1, -0.05) is 19.8 Å². The highest BCUT2D eigenvalue weighted by Gasteiger charge is 2.59. The van der Waals surface area contributed by atoms with Crippen LogP contribution in [0.5, 0.6) is 0 Å². The van der Waals surface area contributed by atoms with E-state index in [9.17, 15) is 14.4 Å². The SMILES string of the molecule is C#CC(C)(CC)C1(CC)C(=O)NC(=O)NC1=O. The van der Waals surface area contributed by atoms with Gasteiger partial charge in [-0.05, 0) is 19.8 Å². The van der Waals surface area contributed by atoms with Gasteiger partial charge in [-0.3, -0.25) is 20.2 Å². The molecule has 1 heterocycles. The van der Waals surface area contributed by atoms with E-state index in [4.69, 9.17) is 6.42 Å². The third-order valence-electron chi connectivity index (χ3n) is 3.73. The fourth-order valence-corrected chi connectivity index (χ4v) is 2.29. The summed E-state index contributed by atoms with van der Waals surface area (Å²) in [5, 5.41) is 4.24. The predicted molar refractivity (Wildman–Crippen MR) is 61.6 cm³/mol. The molecule has 5 nitrogen and oxygen atoms in total. The lowest BCUT2D eigenvalue weighted by molar-refractivity contribution is -0.151. The zero-order valence-electron chi connectivity index (χ0n) is 10.2. The van der Waals surface area contributed by atoms with Crippen LogP contribution in [0, 0.1) is 23.2 Å². The van der Waals surface area contributed by atoms with Crippen molar-refractivity contribution < 1.29 is 14.4 Å². The van der Waals surface area contributed by atoms with Crippen LogP contribution in [0.2, 0.25) is 0 Å². The molecule has 1 aliphatic rings.